The van der Waals surface area contributed by atoms with Crippen molar-refractivity contribution in [3.63, 3.8) is 0 Å². The Balaban J connectivity index is 2.82. The van der Waals surface area contributed by atoms with Gasteiger partial charge in [-0.15, -0.1) is 0 Å². The molecule has 0 fully saturated rings. The molecule has 1 aliphatic rings. The molecule has 0 amide bonds. The Kier molecular flexibility index (Phi) is 1.79. The van der Waals surface area contributed by atoms with E-state index in [0.29, 0.717) is 0 Å². The van der Waals surface area contributed by atoms with Gasteiger partial charge in [0.25, 0.3) is 0 Å². The van der Waals surface area contributed by atoms with Crippen LogP contribution in [0.1, 0.15) is 0 Å². The van der Waals surface area contributed by atoms with Gasteiger partial charge in [0.15, 0.2) is 0 Å². The van der Waals surface area contributed by atoms with Crippen molar-refractivity contribution >= 4 is 27.3 Å². The topological polar surface area (TPSA) is 26.0 Å². The Morgan fingerprint density at radius 2 is 2.43 bits per heavy atom. The van der Waals surface area contributed by atoms with E-state index < -0.39 is 23.7 Å². The van der Waals surface area contributed by atoms with Crippen LogP contribution in [0.3, 0.4) is 0 Å². The molecule has 0 saturated carbocycles. The fourth-order valence-corrected chi connectivity index (χ4v) is 3.11. The average molecular weight is 284 g/mol. The molecule has 2 N–H and O–H groups in total. The molecule has 0 aliphatic carbocycles. The summed E-state index contributed by atoms with van der Waals surface area (Å²) >= 11 is -0.551. The van der Waals surface area contributed by atoms with E-state index in [1.54, 1.807) is 0 Å². The fourth-order valence-electron chi connectivity index (χ4n) is 0.453. The molecule has 0 atom stereocenters. The van der Waals surface area contributed by atoms with Crippen LogP contribution in [0.5, 0.6) is 0 Å². The van der Waals surface area contributed by atoms with E-state index in [2.05, 4.69) is 13.3 Å². The maximum absolute atomic E-state index is 5.44. The van der Waals surface area contributed by atoms with Crippen LogP contribution in [-0.4, -0.2) is 27.3 Å². The van der Waals surface area contributed by atoms with Gasteiger partial charge in [0.1, 0.15) is 0 Å². The van der Waals surface area contributed by atoms with Crippen LogP contribution >= 0.6 is 0 Å². The Morgan fingerprint density at radius 3 is 2.71 bits per heavy atom. The summed E-state index contributed by atoms with van der Waals surface area (Å²) in [6.07, 6.45) is 4.00. The van der Waals surface area contributed by atoms with Crippen molar-refractivity contribution in [1.82, 2.24) is 0 Å². The zero-order valence-corrected chi connectivity index (χ0v) is 8.45. The normalized spacial score (nSPS) is 15.7. The van der Waals surface area contributed by atoms with Gasteiger partial charge < -0.3 is 0 Å². The Labute approximate surface area is 54.6 Å². The molecular weight excluding hydrogens is 278 g/mol. The molecule has 1 heterocycles. The average Bonchev–Trinajstić information content (AvgIpc) is 1.69. The third-order valence-electron chi connectivity index (χ3n) is 0.800. The first-order chi connectivity index (χ1) is 3.39. The molecule has 0 bridgehead atoms. The van der Waals surface area contributed by atoms with Gasteiger partial charge in [-0.3, -0.25) is 0 Å². The van der Waals surface area contributed by atoms with Gasteiger partial charge in [-0.1, -0.05) is 0 Å². The Morgan fingerprint density at radius 1 is 1.57 bits per heavy atom. The second-order valence-corrected chi connectivity index (χ2v) is 5.70. The van der Waals surface area contributed by atoms with E-state index in [9.17, 15) is 0 Å². The second kappa shape index (κ2) is 2.40. The van der Waals surface area contributed by atoms with Crippen LogP contribution in [-0.2, 0) is 0 Å². The molecule has 1 rings (SSSR count). The van der Waals surface area contributed by atoms with Crippen molar-refractivity contribution in [2.24, 2.45) is 5.73 Å². The van der Waals surface area contributed by atoms with Crippen LogP contribution in [0.4, 0.5) is 0 Å². The van der Waals surface area contributed by atoms with Gasteiger partial charge in [0.2, 0.25) is 0 Å². The number of nitrogens with two attached hydrogens (primary N) is 1. The van der Waals surface area contributed by atoms with Gasteiger partial charge >= 0.3 is 54.5 Å². The van der Waals surface area contributed by atoms with Gasteiger partial charge in [-0.2, -0.15) is 0 Å². The molecule has 2 heteroatoms. The molecule has 34 valence electrons. The fraction of sp³-hybridized carbons (Fsp3) is 0. The molecule has 1 nitrogen and oxygen atoms in total. The zero-order chi connectivity index (χ0) is 5.11. The summed E-state index contributed by atoms with van der Waals surface area (Å²) in [4.78, 5) is 0. The number of rotatable bonds is 0. The first-order valence-electron chi connectivity index (χ1n) is 2.20. The summed E-state index contributed by atoms with van der Waals surface area (Å²) < 4.78 is 4.47. The second-order valence-electron chi connectivity index (χ2n) is 1.41. The number of allylic oxidation sites excluding steroid dienone is 2. The van der Waals surface area contributed by atoms with Crippen LogP contribution < -0.4 is 5.73 Å². The third kappa shape index (κ3) is 1.55. The molecule has 0 aromatic heterocycles. The predicted molar refractivity (Wildman–Crippen MR) is 33.2 cm³/mol. The standard InChI is InChI=1S/C5H6N.Tl/c1-3-4-5(2)6;/h1-4H,6H2;. The van der Waals surface area contributed by atoms with Crippen molar-refractivity contribution in [2.75, 3.05) is 0 Å². The van der Waals surface area contributed by atoms with Crippen LogP contribution in [0, 0.1) is 0 Å². The molecule has 7 heavy (non-hydrogen) atoms. The summed E-state index contributed by atoms with van der Waals surface area (Å²) in [5.41, 5.74) is 6.41. The molecule has 0 saturated heterocycles. The summed E-state index contributed by atoms with van der Waals surface area (Å²) in [6, 6.07) is 0. The minimum absolute atomic E-state index is 0.551. The Bertz CT molecular complexity index is 144. The monoisotopic (exact) mass is 285 g/mol. The first-order valence-corrected chi connectivity index (χ1v) is 7.38. The molecule has 1 aliphatic heterocycles. The van der Waals surface area contributed by atoms with E-state index in [0.717, 1.165) is 5.70 Å². The van der Waals surface area contributed by atoms with Gasteiger partial charge in [-0.05, 0) is 0 Å². The van der Waals surface area contributed by atoms with E-state index in [4.69, 9.17) is 5.73 Å². The SMILES string of the molecule is NC1=[CH][Tl]=[CH]C=C1. The molecule has 0 spiro atoms. The van der Waals surface area contributed by atoms with Gasteiger partial charge in [-0.25, -0.2) is 0 Å². The molecule has 0 aromatic rings. The molecular formula is C5H6NTl. The van der Waals surface area contributed by atoms with Crippen molar-refractivity contribution < 1.29 is 0 Å². The predicted octanol–water partition coefficient (Wildman–Crippen LogP) is -0.137. The van der Waals surface area contributed by atoms with Crippen LogP contribution in [0.2, 0.25) is 0 Å². The summed E-state index contributed by atoms with van der Waals surface area (Å²) in [7, 11) is 0. The van der Waals surface area contributed by atoms with E-state index >= 15 is 0 Å². The quantitative estimate of drug-likeness (QED) is 0.616. The van der Waals surface area contributed by atoms with Crippen molar-refractivity contribution in [3.05, 3.63) is 21.5 Å². The zero-order valence-electron chi connectivity index (χ0n) is 3.96. The maximum atomic E-state index is 5.44. The van der Waals surface area contributed by atoms with Crippen LogP contribution in [0.25, 0.3) is 0 Å². The van der Waals surface area contributed by atoms with Crippen molar-refractivity contribution in [2.45, 2.75) is 0 Å². The van der Waals surface area contributed by atoms with Gasteiger partial charge in [0.05, 0.1) is 0 Å². The van der Waals surface area contributed by atoms with E-state index in [1.165, 1.54) is 0 Å². The van der Waals surface area contributed by atoms with Crippen molar-refractivity contribution in [3.8, 4) is 0 Å². The summed E-state index contributed by atoms with van der Waals surface area (Å²) in [5, 5.41) is 0. The minimum atomic E-state index is -0.551. The molecule has 0 unspecified atom stereocenters. The number of hydrogen-bond donors (Lipinski definition) is 1. The summed E-state index contributed by atoms with van der Waals surface area (Å²) in [5.74, 6) is 0. The van der Waals surface area contributed by atoms with Gasteiger partial charge in [0, 0.05) is 0 Å². The Hall–Kier alpha value is 0.0721. The van der Waals surface area contributed by atoms with E-state index in [-0.39, 0.29) is 0 Å². The molecule has 0 radical (unpaired) electrons. The van der Waals surface area contributed by atoms with E-state index in [1.807, 2.05) is 6.08 Å². The van der Waals surface area contributed by atoms with Crippen molar-refractivity contribution in [1.29, 1.82) is 0 Å². The number of hydrogen-bond acceptors (Lipinski definition) is 1. The summed E-state index contributed by atoms with van der Waals surface area (Å²) in [6.45, 7) is 0. The third-order valence-corrected chi connectivity index (χ3v) is 4.77. The van der Waals surface area contributed by atoms with Crippen LogP contribution in [0.15, 0.2) is 21.5 Å². The first kappa shape index (κ1) is 5.21. The molecule has 0 aromatic carbocycles.